The molecule has 0 saturated heterocycles. The van der Waals surface area contributed by atoms with Gasteiger partial charge >= 0.3 is 0 Å². The maximum atomic E-state index is 2.24. The SMILES string of the molecule is C.Cc1cccc2c1-c1ccccc1C2. The number of hydrogen-bond acceptors (Lipinski definition) is 0. The Labute approximate surface area is 91.6 Å². The Hall–Kier alpha value is -1.56. The zero-order valence-electron chi connectivity index (χ0n) is 8.25. The van der Waals surface area contributed by atoms with Gasteiger partial charge in [0, 0.05) is 0 Å². The normalized spacial score (nSPS) is 11.5. The van der Waals surface area contributed by atoms with Crippen molar-refractivity contribution >= 4 is 0 Å². The Morgan fingerprint density at radius 2 is 1.60 bits per heavy atom. The Balaban J connectivity index is 0.000000853. The van der Waals surface area contributed by atoms with Crippen LogP contribution >= 0.6 is 0 Å². The van der Waals surface area contributed by atoms with Crippen LogP contribution in [0.2, 0.25) is 0 Å². The lowest BCUT2D eigenvalue weighted by Crippen LogP contribution is -1.82. The van der Waals surface area contributed by atoms with E-state index in [0.717, 1.165) is 6.42 Å². The Morgan fingerprint density at radius 3 is 2.47 bits per heavy atom. The van der Waals surface area contributed by atoms with Crippen LogP contribution in [0.3, 0.4) is 0 Å². The predicted molar refractivity (Wildman–Crippen MR) is 66.2 cm³/mol. The summed E-state index contributed by atoms with van der Waals surface area (Å²) < 4.78 is 0. The van der Waals surface area contributed by atoms with E-state index in [9.17, 15) is 0 Å². The van der Waals surface area contributed by atoms with Gasteiger partial charge in [0.25, 0.3) is 0 Å². The Bertz CT molecular complexity index is 495. The number of aryl methyl sites for hydroxylation is 1. The van der Waals surface area contributed by atoms with Crippen molar-refractivity contribution in [3.8, 4) is 11.1 Å². The summed E-state index contributed by atoms with van der Waals surface area (Å²) >= 11 is 0. The van der Waals surface area contributed by atoms with E-state index in [4.69, 9.17) is 0 Å². The van der Waals surface area contributed by atoms with Crippen LogP contribution in [0.4, 0.5) is 0 Å². The molecule has 0 N–H and O–H groups in total. The van der Waals surface area contributed by atoms with E-state index in [1.165, 1.54) is 27.8 Å². The maximum absolute atomic E-state index is 2.24. The van der Waals surface area contributed by atoms with Gasteiger partial charge in [0.15, 0.2) is 0 Å². The second kappa shape index (κ2) is 3.54. The van der Waals surface area contributed by atoms with Crippen molar-refractivity contribution in [3.05, 3.63) is 59.2 Å². The highest BCUT2D eigenvalue weighted by Gasteiger charge is 2.18. The highest BCUT2D eigenvalue weighted by molar-refractivity contribution is 5.79. The van der Waals surface area contributed by atoms with E-state index in [2.05, 4.69) is 49.4 Å². The van der Waals surface area contributed by atoms with Crippen LogP contribution in [0.1, 0.15) is 24.1 Å². The summed E-state index contributed by atoms with van der Waals surface area (Å²) in [6.07, 6.45) is 1.10. The molecular weight excluding hydrogens is 180 g/mol. The lowest BCUT2D eigenvalue weighted by Gasteiger charge is -2.03. The van der Waals surface area contributed by atoms with Gasteiger partial charge in [-0.3, -0.25) is 0 Å². The third kappa shape index (κ3) is 1.37. The van der Waals surface area contributed by atoms with Crippen molar-refractivity contribution in [3.63, 3.8) is 0 Å². The zero-order valence-corrected chi connectivity index (χ0v) is 8.25. The van der Waals surface area contributed by atoms with Crippen LogP contribution in [0.15, 0.2) is 42.5 Å². The van der Waals surface area contributed by atoms with Crippen LogP contribution in [0.5, 0.6) is 0 Å². The first kappa shape index (κ1) is 9.97. The molecule has 0 saturated carbocycles. The van der Waals surface area contributed by atoms with Crippen molar-refractivity contribution in [2.75, 3.05) is 0 Å². The van der Waals surface area contributed by atoms with Gasteiger partial charge in [-0.25, -0.2) is 0 Å². The average Bonchev–Trinajstić information content (AvgIpc) is 2.57. The smallest absolute Gasteiger partial charge is 0.00134 e. The van der Waals surface area contributed by atoms with E-state index in [1.807, 2.05) is 0 Å². The van der Waals surface area contributed by atoms with Gasteiger partial charge < -0.3 is 0 Å². The molecule has 0 heterocycles. The minimum atomic E-state index is 0. The van der Waals surface area contributed by atoms with E-state index < -0.39 is 0 Å². The summed E-state index contributed by atoms with van der Waals surface area (Å²) in [5.41, 5.74) is 7.24. The monoisotopic (exact) mass is 196 g/mol. The third-order valence-corrected chi connectivity index (χ3v) is 3.03. The van der Waals surface area contributed by atoms with Crippen molar-refractivity contribution in [2.24, 2.45) is 0 Å². The molecule has 3 rings (SSSR count). The second-order valence-corrected chi connectivity index (χ2v) is 3.94. The summed E-state index contributed by atoms with van der Waals surface area (Å²) in [7, 11) is 0. The van der Waals surface area contributed by atoms with Crippen molar-refractivity contribution in [1.29, 1.82) is 0 Å². The molecule has 76 valence electrons. The molecule has 0 bridgehead atoms. The molecule has 0 spiro atoms. The van der Waals surface area contributed by atoms with E-state index in [0.29, 0.717) is 0 Å². The van der Waals surface area contributed by atoms with Gasteiger partial charge in [0.1, 0.15) is 0 Å². The zero-order chi connectivity index (χ0) is 9.54. The van der Waals surface area contributed by atoms with Gasteiger partial charge in [-0.1, -0.05) is 49.9 Å². The highest BCUT2D eigenvalue weighted by atomic mass is 14.2. The first-order valence-electron chi connectivity index (χ1n) is 5.03. The minimum Gasteiger partial charge on any atom is -0.0776 e. The van der Waals surface area contributed by atoms with Crippen LogP contribution in [-0.4, -0.2) is 0 Å². The summed E-state index contributed by atoms with van der Waals surface area (Å²) in [4.78, 5) is 0. The topological polar surface area (TPSA) is 0 Å². The molecular formula is C15H16. The fourth-order valence-corrected chi connectivity index (χ4v) is 2.38. The molecule has 0 aliphatic heterocycles. The number of benzene rings is 2. The van der Waals surface area contributed by atoms with Crippen LogP contribution in [0, 0.1) is 6.92 Å². The molecule has 2 aromatic carbocycles. The Morgan fingerprint density at radius 1 is 0.867 bits per heavy atom. The molecule has 0 nitrogen and oxygen atoms in total. The molecule has 0 fully saturated rings. The van der Waals surface area contributed by atoms with Crippen molar-refractivity contribution in [1.82, 2.24) is 0 Å². The van der Waals surface area contributed by atoms with Crippen molar-refractivity contribution in [2.45, 2.75) is 20.8 Å². The molecule has 15 heavy (non-hydrogen) atoms. The van der Waals surface area contributed by atoms with Gasteiger partial charge in [-0.05, 0) is 41.2 Å². The number of fused-ring (bicyclic) bond motifs is 3. The summed E-state index contributed by atoms with van der Waals surface area (Å²) in [5.74, 6) is 0. The maximum Gasteiger partial charge on any atom is -0.00134 e. The molecule has 1 aliphatic rings. The average molecular weight is 196 g/mol. The Kier molecular flexibility index (Phi) is 2.36. The lowest BCUT2D eigenvalue weighted by atomic mass is 10.0. The van der Waals surface area contributed by atoms with Crippen LogP contribution < -0.4 is 0 Å². The predicted octanol–water partition coefficient (Wildman–Crippen LogP) is 4.20. The number of rotatable bonds is 0. The van der Waals surface area contributed by atoms with Gasteiger partial charge in [-0.15, -0.1) is 0 Å². The molecule has 0 aromatic heterocycles. The summed E-state index contributed by atoms with van der Waals surface area (Å²) in [6.45, 7) is 2.20. The lowest BCUT2D eigenvalue weighted by molar-refractivity contribution is 1.26. The molecule has 0 heteroatoms. The molecule has 0 unspecified atom stereocenters. The first-order chi connectivity index (χ1) is 6.86. The minimum absolute atomic E-state index is 0. The fourth-order valence-electron chi connectivity index (χ4n) is 2.38. The van der Waals surface area contributed by atoms with Gasteiger partial charge in [-0.2, -0.15) is 0 Å². The second-order valence-electron chi connectivity index (χ2n) is 3.94. The molecule has 0 atom stereocenters. The molecule has 1 aliphatic carbocycles. The van der Waals surface area contributed by atoms with Crippen LogP contribution in [-0.2, 0) is 6.42 Å². The highest BCUT2D eigenvalue weighted by Crippen LogP contribution is 2.38. The van der Waals surface area contributed by atoms with Gasteiger partial charge in [0.2, 0.25) is 0 Å². The molecule has 0 amide bonds. The van der Waals surface area contributed by atoms with Crippen molar-refractivity contribution < 1.29 is 0 Å². The fraction of sp³-hybridized carbons (Fsp3) is 0.200. The molecule has 0 radical (unpaired) electrons. The van der Waals surface area contributed by atoms with E-state index in [1.54, 1.807) is 0 Å². The van der Waals surface area contributed by atoms with Crippen LogP contribution in [0.25, 0.3) is 11.1 Å². The summed E-state index contributed by atoms with van der Waals surface area (Å²) in [5, 5.41) is 0. The van der Waals surface area contributed by atoms with Gasteiger partial charge in [0.05, 0.1) is 0 Å². The van der Waals surface area contributed by atoms with E-state index in [-0.39, 0.29) is 7.43 Å². The largest absolute Gasteiger partial charge is 0.0776 e. The standard InChI is InChI=1S/C14H12.CH4/c1-10-5-4-7-12-9-11-6-2-3-8-13(11)14(10)12;/h2-8H,9H2,1H3;1H4. The quantitative estimate of drug-likeness (QED) is 0.505. The van der Waals surface area contributed by atoms with E-state index >= 15 is 0 Å². The number of hydrogen-bond donors (Lipinski definition) is 0. The third-order valence-electron chi connectivity index (χ3n) is 3.03. The first-order valence-corrected chi connectivity index (χ1v) is 5.03. The molecule has 2 aromatic rings. The summed E-state index contributed by atoms with van der Waals surface area (Å²) in [6, 6.07) is 15.3.